The highest BCUT2D eigenvalue weighted by Gasteiger charge is 2.11. The van der Waals surface area contributed by atoms with Gasteiger partial charge in [0.2, 0.25) is 0 Å². The van der Waals surface area contributed by atoms with Crippen molar-refractivity contribution in [2.45, 2.75) is 52.0 Å². The van der Waals surface area contributed by atoms with Gasteiger partial charge in [-0.05, 0) is 25.8 Å². The molecule has 1 N–H and O–H groups in total. The second-order valence-electron chi connectivity index (χ2n) is 4.37. The SMILES string of the molecule is CCCC(C)CC(CCOCC(F)F)NC. The maximum absolute atomic E-state index is 11.8. The summed E-state index contributed by atoms with van der Waals surface area (Å²) in [5.74, 6) is 0.678. The van der Waals surface area contributed by atoms with E-state index in [0.717, 1.165) is 12.8 Å². The number of halogens is 2. The van der Waals surface area contributed by atoms with Gasteiger partial charge in [-0.2, -0.15) is 0 Å². The van der Waals surface area contributed by atoms with Gasteiger partial charge >= 0.3 is 0 Å². The van der Waals surface area contributed by atoms with Gasteiger partial charge in [0.15, 0.2) is 0 Å². The average Bonchev–Trinajstić information content (AvgIpc) is 2.22. The second-order valence-corrected chi connectivity index (χ2v) is 4.37. The Bertz CT molecular complexity index is 156. The van der Waals surface area contributed by atoms with Crippen LogP contribution in [0.3, 0.4) is 0 Å². The molecule has 0 aromatic carbocycles. The van der Waals surface area contributed by atoms with Gasteiger partial charge in [0.1, 0.15) is 6.61 Å². The molecular formula is C12H25F2NO. The third kappa shape index (κ3) is 9.04. The van der Waals surface area contributed by atoms with Crippen LogP contribution < -0.4 is 5.32 Å². The summed E-state index contributed by atoms with van der Waals surface area (Å²) in [5.41, 5.74) is 0. The molecule has 0 saturated heterocycles. The van der Waals surface area contributed by atoms with E-state index in [1.165, 1.54) is 12.8 Å². The number of hydrogen-bond acceptors (Lipinski definition) is 2. The quantitative estimate of drug-likeness (QED) is 0.590. The third-order valence-corrected chi connectivity index (χ3v) is 2.73. The van der Waals surface area contributed by atoms with Crippen molar-refractivity contribution in [1.82, 2.24) is 5.32 Å². The Balaban J connectivity index is 3.58. The van der Waals surface area contributed by atoms with E-state index in [0.29, 0.717) is 18.6 Å². The molecule has 0 saturated carbocycles. The number of rotatable bonds is 10. The van der Waals surface area contributed by atoms with Crippen molar-refractivity contribution in [1.29, 1.82) is 0 Å². The minimum atomic E-state index is -2.35. The molecule has 0 heterocycles. The van der Waals surface area contributed by atoms with Crippen molar-refractivity contribution in [3.05, 3.63) is 0 Å². The van der Waals surface area contributed by atoms with E-state index in [1.54, 1.807) is 0 Å². The Morgan fingerprint density at radius 3 is 2.44 bits per heavy atom. The van der Waals surface area contributed by atoms with Crippen molar-refractivity contribution in [2.24, 2.45) is 5.92 Å². The second kappa shape index (κ2) is 9.97. The lowest BCUT2D eigenvalue weighted by Crippen LogP contribution is -2.29. The molecule has 0 amide bonds. The Morgan fingerprint density at radius 2 is 1.94 bits per heavy atom. The smallest absolute Gasteiger partial charge is 0.261 e. The molecule has 0 spiro atoms. The van der Waals surface area contributed by atoms with Crippen LogP contribution in [0.25, 0.3) is 0 Å². The zero-order chi connectivity index (χ0) is 12.4. The molecule has 0 aliphatic heterocycles. The molecule has 2 nitrogen and oxygen atoms in total. The lowest BCUT2D eigenvalue weighted by atomic mass is 9.96. The highest BCUT2D eigenvalue weighted by Crippen LogP contribution is 2.14. The van der Waals surface area contributed by atoms with Crippen molar-refractivity contribution in [2.75, 3.05) is 20.3 Å². The standard InChI is InChI=1S/C12H25F2NO/c1-4-5-10(2)8-11(15-3)6-7-16-9-12(13)14/h10-12,15H,4-9H2,1-3H3. The number of ether oxygens (including phenoxy) is 1. The predicted octanol–water partition coefficient (Wildman–Crippen LogP) is 3.07. The van der Waals surface area contributed by atoms with Gasteiger partial charge in [0.25, 0.3) is 6.43 Å². The van der Waals surface area contributed by atoms with Crippen LogP contribution in [0, 0.1) is 5.92 Å². The molecule has 0 aromatic rings. The van der Waals surface area contributed by atoms with Crippen LogP contribution in [0.15, 0.2) is 0 Å². The van der Waals surface area contributed by atoms with Gasteiger partial charge in [-0.25, -0.2) is 8.78 Å². The summed E-state index contributed by atoms with van der Waals surface area (Å²) < 4.78 is 28.5. The highest BCUT2D eigenvalue weighted by molar-refractivity contribution is 4.68. The molecule has 0 rings (SSSR count). The summed E-state index contributed by atoms with van der Waals surface area (Å²) in [4.78, 5) is 0. The van der Waals surface area contributed by atoms with Crippen LogP contribution in [0.1, 0.15) is 39.5 Å². The summed E-state index contributed by atoms with van der Waals surface area (Å²) in [5, 5.41) is 3.21. The van der Waals surface area contributed by atoms with E-state index in [2.05, 4.69) is 19.2 Å². The van der Waals surface area contributed by atoms with Gasteiger partial charge in [-0.1, -0.05) is 26.7 Å². The molecule has 0 fully saturated rings. The van der Waals surface area contributed by atoms with Gasteiger partial charge in [-0.3, -0.25) is 0 Å². The largest absolute Gasteiger partial charge is 0.375 e. The van der Waals surface area contributed by atoms with Gasteiger partial charge in [0, 0.05) is 12.6 Å². The number of alkyl halides is 2. The Kier molecular flexibility index (Phi) is 9.83. The summed E-state index contributed by atoms with van der Waals surface area (Å²) in [6.07, 6.45) is 1.95. The van der Waals surface area contributed by atoms with Crippen molar-refractivity contribution < 1.29 is 13.5 Å². The van der Waals surface area contributed by atoms with Gasteiger partial charge in [-0.15, -0.1) is 0 Å². The average molecular weight is 237 g/mol. The molecule has 98 valence electrons. The first-order chi connectivity index (χ1) is 7.60. The molecule has 0 aliphatic carbocycles. The predicted molar refractivity (Wildman–Crippen MR) is 63.0 cm³/mol. The van der Waals surface area contributed by atoms with E-state index in [9.17, 15) is 8.78 Å². The molecule has 0 radical (unpaired) electrons. The molecule has 0 bridgehead atoms. The first-order valence-electron chi connectivity index (χ1n) is 6.13. The van der Waals surface area contributed by atoms with Gasteiger partial charge < -0.3 is 10.1 Å². The lowest BCUT2D eigenvalue weighted by Gasteiger charge is -2.20. The topological polar surface area (TPSA) is 21.3 Å². The summed E-state index contributed by atoms with van der Waals surface area (Å²) >= 11 is 0. The fraction of sp³-hybridized carbons (Fsp3) is 1.00. The molecule has 2 atom stereocenters. The maximum Gasteiger partial charge on any atom is 0.261 e. The highest BCUT2D eigenvalue weighted by atomic mass is 19.3. The maximum atomic E-state index is 11.8. The Labute approximate surface area is 97.7 Å². The lowest BCUT2D eigenvalue weighted by molar-refractivity contribution is 0.0140. The van der Waals surface area contributed by atoms with E-state index < -0.39 is 13.0 Å². The summed E-state index contributed by atoms with van der Waals surface area (Å²) in [6, 6.07) is 0.374. The van der Waals surface area contributed by atoms with Crippen LogP contribution in [0.4, 0.5) is 8.78 Å². The molecule has 4 heteroatoms. The fourth-order valence-corrected chi connectivity index (χ4v) is 1.87. The van der Waals surface area contributed by atoms with Crippen molar-refractivity contribution >= 4 is 0 Å². The first-order valence-corrected chi connectivity index (χ1v) is 6.13. The van der Waals surface area contributed by atoms with Crippen molar-refractivity contribution in [3.63, 3.8) is 0 Å². The monoisotopic (exact) mass is 237 g/mol. The number of nitrogens with one attached hydrogen (secondary N) is 1. The minimum Gasteiger partial charge on any atom is -0.375 e. The number of hydrogen-bond donors (Lipinski definition) is 1. The van der Waals surface area contributed by atoms with E-state index in [4.69, 9.17) is 4.74 Å². The van der Waals surface area contributed by atoms with Gasteiger partial charge in [0.05, 0.1) is 0 Å². The summed E-state index contributed by atoms with van der Waals surface area (Å²) in [7, 11) is 1.91. The van der Waals surface area contributed by atoms with Crippen molar-refractivity contribution in [3.8, 4) is 0 Å². The molecule has 0 aromatic heterocycles. The van der Waals surface area contributed by atoms with Crippen LogP contribution in [0.5, 0.6) is 0 Å². The van der Waals surface area contributed by atoms with E-state index in [-0.39, 0.29) is 0 Å². The third-order valence-electron chi connectivity index (χ3n) is 2.73. The summed E-state index contributed by atoms with van der Waals surface area (Å²) in [6.45, 7) is 4.38. The van der Waals surface area contributed by atoms with Crippen LogP contribution in [-0.2, 0) is 4.74 Å². The zero-order valence-electron chi connectivity index (χ0n) is 10.6. The fourth-order valence-electron chi connectivity index (χ4n) is 1.87. The molecular weight excluding hydrogens is 212 g/mol. The normalized spacial score (nSPS) is 15.4. The molecule has 16 heavy (non-hydrogen) atoms. The van der Waals surface area contributed by atoms with Crippen LogP contribution >= 0.6 is 0 Å². The molecule has 2 unspecified atom stereocenters. The first kappa shape index (κ1) is 15.8. The zero-order valence-corrected chi connectivity index (χ0v) is 10.6. The van der Waals surface area contributed by atoms with Crippen LogP contribution in [0.2, 0.25) is 0 Å². The minimum absolute atomic E-state index is 0.374. The van der Waals surface area contributed by atoms with Crippen LogP contribution in [-0.4, -0.2) is 32.7 Å². The van der Waals surface area contributed by atoms with E-state index in [1.807, 2.05) is 7.05 Å². The van der Waals surface area contributed by atoms with E-state index >= 15 is 0 Å². The Morgan fingerprint density at radius 1 is 1.25 bits per heavy atom. The molecule has 0 aliphatic rings. The Hall–Kier alpha value is -0.220.